The Hall–Kier alpha value is -2.90. The molecule has 5 nitrogen and oxygen atoms in total. The largest absolute Gasteiger partial charge is 0.336 e. The van der Waals surface area contributed by atoms with E-state index in [4.69, 9.17) is 0 Å². The molecule has 1 aromatic heterocycles. The van der Waals surface area contributed by atoms with Crippen LogP contribution in [-0.4, -0.2) is 32.2 Å². The molecular formula is C18H16F3N5. The number of allylic oxidation sites excluding steroid dienone is 1. The normalized spacial score (nSPS) is 21.3. The summed E-state index contributed by atoms with van der Waals surface area (Å²) in [5.41, 5.74) is 1.10. The second-order valence-corrected chi connectivity index (χ2v) is 6.62. The van der Waals surface area contributed by atoms with E-state index in [0.29, 0.717) is 12.7 Å². The van der Waals surface area contributed by atoms with E-state index in [9.17, 15) is 13.2 Å². The van der Waals surface area contributed by atoms with Gasteiger partial charge in [-0.25, -0.2) is 18.2 Å². The standard InChI is InChI=1S/C18H16F3N5/c19-13-8-15(21)16(9-14(13)20)26-10-12-2-1-5-25(12)18(26)24-6-3-17-22-4-7-23(17)11-24/h3-4,6-10,18H,1-2,5,11H2. The van der Waals surface area contributed by atoms with Crippen LogP contribution in [0.25, 0.3) is 6.08 Å². The molecule has 134 valence electrons. The molecule has 3 aliphatic rings. The minimum Gasteiger partial charge on any atom is -0.336 e. The highest BCUT2D eigenvalue weighted by atomic mass is 19.2. The highest BCUT2D eigenvalue weighted by molar-refractivity contribution is 5.55. The van der Waals surface area contributed by atoms with Gasteiger partial charge in [-0.3, -0.25) is 0 Å². The summed E-state index contributed by atoms with van der Waals surface area (Å²) in [7, 11) is 0. The Morgan fingerprint density at radius 2 is 1.92 bits per heavy atom. The SMILES string of the molecule is Fc1cc(F)c(N2C=C3CCCN3C2N2C=Cc3nccn3C2)cc1F. The minimum absolute atomic E-state index is 0.0284. The van der Waals surface area contributed by atoms with Gasteiger partial charge in [0.15, 0.2) is 17.9 Å². The van der Waals surface area contributed by atoms with Gasteiger partial charge in [0.25, 0.3) is 0 Å². The van der Waals surface area contributed by atoms with Crippen LogP contribution in [0.5, 0.6) is 0 Å². The van der Waals surface area contributed by atoms with E-state index >= 15 is 0 Å². The zero-order valence-electron chi connectivity index (χ0n) is 13.8. The van der Waals surface area contributed by atoms with Crippen LogP contribution in [0.1, 0.15) is 18.7 Å². The third-order valence-electron chi connectivity index (χ3n) is 5.06. The molecule has 1 aromatic carbocycles. The van der Waals surface area contributed by atoms with E-state index in [1.165, 1.54) is 0 Å². The summed E-state index contributed by atoms with van der Waals surface area (Å²) in [5.74, 6) is -2.18. The highest BCUT2D eigenvalue weighted by Crippen LogP contribution is 2.38. The molecule has 0 radical (unpaired) electrons. The number of anilines is 1. The molecular weight excluding hydrogens is 343 g/mol. The number of imidazole rings is 1. The highest BCUT2D eigenvalue weighted by Gasteiger charge is 2.40. The Morgan fingerprint density at radius 3 is 2.81 bits per heavy atom. The van der Waals surface area contributed by atoms with Crippen molar-refractivity contribution in [1.29, 1.82) is 0 Å². The maximum Gasteiger partial charge on any atom is 0.186 e. The van der Waals surface area contributed by atoms with Gasteiger partial charge in [-0.1, -0.05) is 0 Å². The van der Waals surface area contributed by atoms with Crippen LogP contribution in [0.4, 0.5) is 18.9 Å². The van der Waals surface area contributed by atoms with Crippen LogP contribution in [0.15, 0.2) is 42.6 Å². The number of hydrogen-bond acceptors (Lipinski definition) is 4. The summed E-state index contributed by atoms with van der Waals surface area (Å²) in [5, 5.41) is 0. The summed E-state index contributed by atoms with van der Waals surface area (Å²) in [6, 6.07) is 1.52. The van der Waals surface area contributed by atoms with Crippen LogP contribution in [0.3, 0.4) is 0 Å². The van der Waals surface area contributed by atoms with Crippen LogP contribution in [-0.2, 0) is 6.67 Å². The maximum atomic E-state index is 14.4. The molecule has 4 heterocycles. The number of benzene rings is 1. The van der Waals surface area contributed by atoms with Gasteiger partial charge in [-0.15, -0.1) is 0 Å². The van der Waals surface area contributed by atoms with Crippen molar-refractivity contribution >= 4 is 11.8 Å². The fourth-order valence-electron chi connectivity index (χ4n) is 3.87. The first kappa shape index (κ1) is 15.4. The molecule has 8 heteroatoms. The molecule has 0 spiro atoms. The minimum atomic E-state index is -1.18. The Labute approximate surface area is 148 Å². The maximum absolute atomic E-state index is 14.4. The summed E-state index contributed by atoms with van der Waals surface area (Å²) in [6.07, 6.45) is 10.8. The molecule has 1 unspecified atom stereocenters. The number of aromatic nitrogens is 2. The van der Waals surface area contributed by atoms with E-state index in [1.54, 1.807) is 11.1 Å². The fraction of sp³-hybridized carbons (Fsp3) is 0.278. The van der Waals surface area contributed by atoms with Crippen LogP contribution >= 0.6 is 0 Å². The van der Waals surface area contributed by atoms with Crippen molar-refractivity contribution in [2.75, 3.05) is 11.4 Å². The average molecular weight is 359 g/mol. The summed E-state index contributed by atoms with van der Waals surface area (Å²) in [6.45, 7) is 1.37. The summed E-state index contributed by atoms with van der Waals surface area (Å²) >= 11 is 0. The smallest absolute Gasteiger partial charge is 0.186 e. The van der Waals surface area contributed by atoms with E-state index < -0.39 is 17.5 Å². The van der Waals surface area contributed by atoms with Gasteiger partial charge in [-0.2, -0.15) is 0 Å². The van der Waals surface area contributed by atoms with Crippen molar-refractivity contribution in [3.63, 3.8) is 0 Å². The van der Waals surface area contributed by atoms with E-state index in [0.717, 1.165) is 37.0 Å². The van der Waals surface area contributed by atoms with Crippen molar-refractivity contribution < 1.29 is 13.2 Å². The number of rotatable bonds is 2. The molecule has 1 atom stereocenters. The quantitative estimate of drug-likeness (QED) is 0.769. The Morgan fingerprint density at radius 1 is 1.08 bits per heavy atom. The van der Waals surface area contributed by atoms with Crippen molar-refractivity contribution in [2.24, 2.45) is 0 Å². The Balaban J connectivity index is 1.56. The van der Waals surface area contributed by atoms with Crippen molar-refractivity contribution in [1.82, 2.24) is 19.4 Å². The van der Waals surface area contributed by atoms with E-state index in [-0.39, 0.29) is 12.0 Å². The zero-order valence-corrected chi connectivity index (χ0v) is 13.8. The average Bonchev–Trinajstić information content (AvgIpc) is 3.32. The zero-order chi connectivity index (χ0) is 17.8. The molecule has 26 heavy (non-hydrogen) atoms. The van der Waals surface area contributed by atoms with Crippen molar-refractivity contribution in [3.8, 4) is 0 Å². The van der Waals surface area contributed by atoms with Crippen molar-refractivity contribution in [2.45, 2.75) is 25.8 Å². The van der Waals surface area contributed by atoms with Gasteiger partial charge < -0.3 is 19.3 Å². The number of fused-ring (bicyclic) bond motifs is 2. The third kappa shape index (κ3) is 2.21. The van der Waals surface area contributed by atoms with Gasteiger partial charge >= 0.3 is 0 Å². The monoisotopic (exact) mass is 359 g/mol. The molecule has 1 fully saturated rings. The number of halogens is 3. The lowest BCUT2D eigenvalue weighted by Gasteiger charge is -2.41. The topological polar surface area (TPSA) is 27.5 Å². The van der Waals surface area contributed by atoms with E-state index in [2.05, 4.69) is 9.88 Å². The first-order valence-electron chi connectivity index (χ1n) is 8.47. The van der Waals surface area contributed by atoms with Crippen LogP contribution < -0.4 is 4.90 Å². The molecule has 3 aliphatic heterocycles. The third-order valence-corrected chi connectivity index (χ3v) is 5.06. The Bertz CT molecular complexity index is 935. The predicted molar refractivity (Wildman–Crippen MR) is 89.7 cm³/mol. The van der Waals surface area contributed by atoms with Gasteiger partial charge in [0.2, 0.25) is 0 Å². The lowest BCUT2D eigenvalue weighted by atomic mass is 10.2. The number of nitrogens with zero attached hydrogens (tertiary/aromatic N) is 5. The molecule has 0 bridgehead atoms. The predicted octanol–water partition coefficient (Wildman–Crippen LogP) is 3.29. The molecule has 1 saturated heterocycles. The molecule has 5 rings (SSSR count). The second kappa shape index (κ2) is 5.55. The van der Waals surface area contributed by atoms with Crippen molar-refractivity contribution in [3.05, 3.63) is 65.9 Å². The molecule has 0 N–H and O–H groups in total. The first-order valence-corrected chi connectivity index (χ1v) is 8.47. The first-order chi connectivity index (χ1) is 12.6. The van der Waals surface area contributed by atoms with Gasteiger partial charge in [0.05, 0.1) is 12.4 Å². The summed E-state index contributed by atoms with van der Waals surface area (Å²) in [4.78, 5) is 10.1. The van der Waals surface area contributed by atoms with Gasteiger partial charge in [0.1, 0.15) is 11.6 Å². The fourth-order valence-corrected chi connectivity index (χ4v) is 3.87. The molecule has 2 aromatic rings. The molecule has 0 amide bonds. The van der Waals surface area contributed by atoms with Crippen LogP contribution in [0, 0.1) is 17.5 Å². The Kier molecular flexibility index (Phi) is 3.28. The lowest BCUT2D eigenvalue weighted by Crippen LogP contribution is -2.51. The van der Waals surface area contributed by atoms with Gasteiger partial charge in [0, 0.05) is 49.2 Å². The summed E-state index contributed by atoms with van der Waals surface area (Å²) < 4.78 is 43.6. The van der Waals surface area contributed by atoms with E-state index in [1.807, 2.05) is 34.1 Å². The molecule has 0 saturated carbocycles. The molecule has 0 aliphatic carbocycles. The second-order valence-electron chi connectivity index (χ2n) is 6.62. The lowest BCUT2D eigenvalue weighted by molar-refractivity contribution is 0.110. The number of hydrogen-bond donors (Lipinski definition) is 0. The van der Waals surface area contributed by atoms with Gasteiger partial charge in [-0.05, 0) is 18.9 Å². The van der Waals surface area contributed by atoms with Crippen LogP contribution in [0.2, 0.25) is 0 Å².